The molecule has 0 aliphatic carbocycles. The van der Waals surface area contributed by atoms with Gasteiger partial charge < -0.3 is 5.32 Å². The first-order valence-corrected chi connectivity index (χ1v) is 5.88. The molecular weight excluding hydrogens is 166 g/mol. The molecule has 1 nitrogen and oxygen atoms in total. The minimum atomic E-state index is 0.987. The first kappa shape index (κ1) is 10.4. The van der Waals surface area contributed by atoms with E-state index in [9.17, 15) is 0 Å². The van der Waals surface area contributed by atoms with Crippen LogP contribution in [0.4, 0.5) is 0 Å². The van der Waals surface area contributed by atoms with Gasteiger partial charge in [0.1, 0.15) is 0 Å². The van der Waals surface area contributed by atoms with Gasteiger partial charge in [0.15, 0.2) is 0 Å². The van der Waals surface area contributed by atoms with Crippen molar-refractivity contribution in [2.24, 2.45) is 5.92 Å². The molecule has 1 rings (SSSR count). The maximum Gasteiger partial charge on any atom is -0.00200 e. The summed E-state index contributed by atoms with van der Waals surface area (Å²) in [6.07, 6.45) is 8.37. The summed E-state index contributed by atoms with van der Waals surface area (Å²) in [5, 5.41) is 3.41. The molecule has 0 amide bonds. The normalized spacial score (nSPS) is 23.2. The highest BCUT2D eigenvalue weighted by atomic mass is 32.1. The number of thiol groups is 1. The number of hydrogen-bond acceptors (Lipinski definition) is 2. The Morgan fingerprint density at radius 1 is 1.17 bits per heavy atom. The van der Waals surface area contributed by atoms with E-state index in [1.54, 1.807) is 0 Å². The number of rotatable bonds is 6. The Bertz CT molecular complexity index is 100. The van der Waals surface area contributed by atoms with Gasteiger partial charge in [-0.25, -0.2) is 0 Å². The molecule has 0 bridgehead atoms. The number of nitrogens with one attached hydrogen (secondary N) is 1. The van der Waals surface area contributed by atoms with Gasteiger partial charge in [-0.3, -0.25) is 0 Å². The fraction of sp³-hybridized carbons (Fsp3) is 1.00. The molecule has 0 aromatic carbocycles. The zero-order chi connectivity index (χ0) is 8.65. The van der Waals surface area contributed by atoms with Gasteiger partial charge in [0.05, 0.1) is 0 Å². The lowest BCUT2D eigenvalue weighted by molar-refractivity contribution is 0.489. The van der Waals surface area contributed by atoms with E-state index in [0.717, 1.165) is 11.7 Å². The van der Waals surface area contributed by atoms with Crippen LogP contribution in [0.3, 0.4) is 0 Å². The van der Waals surface area contributed by atoms with Crippen LogP contribution >= 0.6 is 12.6 Å². The van der Waals surface area contributed by atoms with Gasteiger partial charge in [0.2, 0.25) is 0 Å². The quantitative estimate of drug-likeness (QED) is 0.481. The fourth-order valence-electron chi connectivity index (χ4n) is 1.86. The highest BCUT2D eigenvalue weighted by Gasteiger charge is 2.12. The summed E-state index contributed by atoms with van der Waals surface area (Å²) >= 11 is 4.20. The van der Waals surface area contributed by atoms with Crippen LogP contribution in [0.2, 0.25) is 0 Å². The van der Waals surface area contributed by atoms with Crippen molar-refractivity contribution in [3.63, 3.8) is 0 Å². The molecule has 1 saturated heterocycles. The summed E-state index contributed by atoms with van der Waals surface area (Å²) in [5.74, 6) is 2.05. The second-order valence-corrected chi connectivity index (χ2v) is 4.23. The van der Waals surface area contributed by atoms with Crippen molar-refractivity contribution in [3.8, 4) is 0 Å². The standard InChI is InChI=1S/C10H21NS/c12-8-4-2-1-3-5-10-6-7-11-9-10/h10-12H,1-9H2. The van der Waals surface area contributed by atoms with Crippen LogP contribution in [0.25, 0.3) is 0 Å². The zero-order valence-corrected chi connectivity index (χ0v) is 8.78. The SMILES string of the molecule is SCCCCCCC1CCNC1. The maximum absolute atomic E-state index is 4.20. The van der Waals surface area contributed by atoms with Crippen LogP contribution < -0.4 is 5.32 Å². The highest BCUT2D eigenvalue weighted by Crippen LogP contribution is 2.16. The van der Waals surface area contributed by atoms with Crippen molar-refractivity contribution >= 4 is 12.6 Å². The molecule has 1 fully saturated rings. The molecule has 0 radical (unpaired) electrons. The lowest BCUT2D eigenvalue weighted by atomic mass is 10.0. The number of hydrogen-bond donors (Lipinski definition) is 2. The molecule has 0 saturated carbocycles. The van der Waals surface area contributed by atoms with Crippen molar-refractivity contribution in [1.29, 1.82) is 0 Å². The molecule has 1 unspecified atom stereocenters. The van der Waals surface area contributed by atoms with Crippen LogP contribution in [0.5, 0.6) is 0 Å². The average Bonchev–Trinajstić information content (AvgIpc) is 2.57. The molecule has 1 aliphatic heterocycles. The van der Waals surface area contributed by atoms with Gasteiger partial charge in [-0.2, -0.15) is 12.6 Å². The van der Waals surface area contributed by atoms with Crippen molar-refractivity contribution in [3.05, 3.63) is 0 Å². The minimum absolute atomic E-state index is 0.987. The summed E-state index contributed by atoms with van der Waals surface area (Å²) in [5.41, 5.74) is 0. The topological polar surface area (TPSA) is 12.0 Å². The van der Waals surface area contributed by atoms with Gasteiger partial charge in [-0.05, 0) is 44.0 Å². The second kappa shape index (κ2) is 6.79. The Morgan fingerprint density at radius 2 is 2.00 bits per heavy atom. The van der Waals surface area contributed by atoms with Crippen molar-refractivity contribution < 1.29 is 0 Å². The summed E-state index contributed by atoms with van der Waals surface area (Å²) in [6.45, 7) is 2.52. The summed E-state index contributed by atoms with van der Waals surface area (Å²) in [4.78, 5) is 0. The third kappa shape index (κ3) is 4.36. The molecule has 12 heavy (non-hydrogen) atoms. The third-order valence-corrected chi connectivity index (χ3v) is 3.00. The largest absolute Gasteiger partial charge is 0.316 e. The molecule has 0 aromatic rings. The molecular formula is C10H21NS. The van der Waals surface area contributed by atoms with E-state index in [-0.39, 0.29) is 0 Å². The van der Waals surface area contributed by atoms with E-state index in [4.69, 9.17) is 0 Å². The van der Waals surface area contributed by atoms with Gasteiger partial charge in [-0.1, -0.05) is 19.3 Å². The lowest BCUT2D eigenvalue weighted by Crippen LogP contribution is -2.08. The Kier molecular flexibility index (Phi) is 5.88. The van der Waals surface area contributed by atoms with Crippen LogP contribution in [-0.2, 0) is 0 Å². The molecule has 1 heterocycles. The maximum atomic E-state index is 4.20. The number of unbranched alkanes of at least 4 members (excludes halogenated alkanes) is 3. The summed E-state index contributed by atoms with van der Waals surface area (Å²) < 4.78 is 0. The lowest BCUT2D eigenvalue weighted by Gasteiger charge is -2.06. The van der Waals surface area contributed by atoms with Gasteiger partial charge in [0.25, 0.3) is 0 Å². The summed E-state index contributed by atoms with van der Waals surface area (Å²) in [7, 11) is 0. The molecule has 1 N–H and O–H groups in total. The molecule has 0 aromatic heterocycles. The van der Waals surface area contributed by atoms with Crippen LogP contribution in [0, 0.1) is 5.92 Å². The molecule has 2 heteroatoms. The molecule has 1 aliphatic rings. The van der Waals surface area contributed by atoms with Gasteiger partial charge >= 0.3 is 0 Å². The van der Waals surface area contributed by atoms with E-state index in [1.807, 2.05) is 0 Å². The Balaban J connectivity index is 1.81. The fourth-order valence-corrected chi connectivity index (χ4v) is 2.08. The zero-order valence-electron chi connectivity index (χ0n) is 7.89. The van der Waals surface area contributed by atoms with Gasteiger partial charge in [-0.15, -0.1) is 0 Å². The Morgan fingerprint density at radius 3 is 2.67 bits per heavy atom. The van der Waals surface area contributed by atoms with E-state index < -0.39 is 0 Å². The highest BCUT2D eigenvalue weighted by molar-refractivity contribution is 7.80. The van der Waals surface area contributed by atoms with Crippen LogP contribution in [0.15, 0.2) is 0 Å². The predicted molar refractivity (Wildman–Crippen MR) is 57.9 cm³/mol. The predicted octanol–water partition coefficient (Wildman–Crippen LogP) is 2.48. The summed E-state index contributed by atoms with van der Waals surface area (Å²) in [6, 6.07) is 0. The van der Waals surface area contributed by atoms with E-state index in [1.165, 1.54) is 51.6 Å². The average molecular weight is 187 g/mol. The molecule has 0 spiro atoms. The van der Waals surface area contributed by atoms with E-state index in [0.29, 0.717) is 0 Å². The van der Waals surface area contributed by atoms with Crippen molar-refractivity contribution in [2.45, 2.75) is 38.5 Å². The third-order valence-electron chi connectivity index (χ3n) is 2.68. The smallest absolute Gasteiger partial charge is 0.00200 e. The minimum Gasteiger partial charge on any atom is -0.316 e. The first-order chi connectivity index (χ1) is 5.93. The van der Waals surface area contributed by atoms with Gasteiger partial charge in [0, 0.05) is 0 Å². The molecule has 1 atom stereocenters. The Hall–Kier alpha value is 0.310. The van der Waals surface area contributed by atoms with Crippen molar-refractivity contribution in [2.75, 3.05) is 18.8 Å². The monoisotopic (exact) mass is 187 g/mol. The van der Waals surface area contributed by atoms with E-state index in [2.05, 4.69) is 17.9 Å². The van der Waals surface area contributed by atoms with Crippen LogP contribution in [-0.4, -0.2) is 18.8 Å². The van der Waals surface area contributed by atoms with E-state index >= 15 is 0 Å². The second-order valence-electron chi connectivity index (χ2n) is 3.79. The van der Waals surface area contributed by atoms with Crippen LogP contribution in [0.1, 0.15) is 38.5 Å². The first-order valence-electron chi connectivity index (χ1n) is 5.25. The molecule has 72 valence electrons. The van der Waals surface area contributed by atoms with Crippen molar-refractivity contribution in [1.82, 2.24) is 5.32 Å². The Labute approximate surface area is 81.7 Å².